The molecular formula is C27H44O3. The fourth-order valence-electron chi connectivity index (χ4n) is 8.21. The third-order valence-electron chi connectivity index (χ3n) is 9.68. The summed E-state index contributed by atoms with van der Waals surface area (Å²) in [6.07, 6.45) is 13.5. The largest absolute Gasteiger partial charge is 0.393 e. The van der Waals surface area contributed by atoms with Gasteiger partial charge >= 0.3 is 0 Å². The minimum Gasteiger partial charge on any atom is -0.393 e. The van der Waals surface area contributed by atoms with E-state index in [2.05, 4.69) is 32.9 Å². The molecule has 0 aromatic rings. The average molecular weight is 417 g/mol. The number of rotatable bonds is 5. The van der Waals surface area contributed by atoms with Gasteiger partial charge in [0.25, 0.3) is 0 Å². The lowest BCUT2D eigenvalue weighted by molar-refractivity contribution is -0.00489. The Morgan fingerprint density at radius 3 is 2.50 bits per heavy atom. The molecule has 1 unspecified atom stereocenters. The quantitative estimate of drug-likeness (QED) is 0.563. The van der Waals surface area contributed by atoms with Crippen molar-refractivity contribution in [2.24, 2.45) is 34.5 Å². The minimum atomic E-state index is -0.806. The first kappa shape index (κ1) is 22.6. The molecule has 3 saturated carbocycles. The molecule has 0 radical (unpaired) electrons. The van der Waals surface area contributed by atoms with Gasteiger partial charge in [-0.25, -0.2) is 0 Å². The van der Waals surface area contributed by atoms with Crippen molar-refractivity contribution in [3.05, 3.63) is 23.3 Å². The highest BCUT2D eigenvalue weighted by atomic mass is 16.3. The first-order chi connectivity index (χ1) is 13.9. The molecule has 3 N–H and O–H groups in total. The lowest BCUT2D eigenvalue weighted by atomic mass is 9.50. The molecule has 0 bridgehead atoms. The van der Waals surface area contributed by atoms with Crippen LogP contribution in [-0.2, 0) is 0 Å². The molecule has 4 aliphatic carbocycles. The fraction of sp³-hybridized carbons (Fsp3) is 0.852. The highest BCUT2D eigenvalue weighted by molar-refractivity contribution is 5.38. The molecule has 0 aliphatic heterocycles. The minimum absolute atomic E-state index is 0.153. The van der Waals surface area contributed by atoms with E-state index in [1.54, 1.807) is 19.4 Å². The Kier molecular flexibility index (Phi) is 5.82. The Hall–Kier alpha value is -0.640. The maximum Gasteiger partial charge on any atom is 0.0616 e. The Labute approximate surface area is 183 Å². The van der Waals surface area contributed by atoms with Gasteiger partial charge in [-0.1, -0.05) is 44.1 Å². The fourth-order valence-corrected chi connectivity index (χ4v) is 8.21. The predicted molar refractivity (Wildman–Crippen MR) is 122 cm³/mol. The molecule has 0 spiro atoms. The molecule has 3 nitrogen and oxygen atoms in total. The van der Waals surface area contributed by atoms with Crippen LogP contribution in [-0.4, -0.2) is 33.1 Å². The van der Waals surface area contributed by atoms with E-state index in [0.717, 1.165) is 25.7 Å². The van der Waals surface area contributed by atoms with Gasteiger partial charge in [-0.05, 0) is 99.7 Å². The highest BCUT2D eigenvalue weighted by Gasteiger charge is 2.57. The number of aliphatic hydroxyl groups is 3. The molecule has 0 saturated heterocycles. The zero-order valence-electron chi connectivity index (χ0n) is 19.8. The summed E-state index contributed by atoms with van der Waals surface area (Å²) in [5.74, 6) is 2.44. The van der Waals surface area contributed by atoms with Crippen LogP contribution in [0.2, 0.25) is 0 Å². The summed E-state index contributed by atoms with van der Waals surface area (Å²) < 4.78 is 0. The van der Waals surface area contributed by atoms with E-state index in [4.69, 9.17) is 0 Å². The van der Waals surface area contributed by atoms with Crippen molar-refractivity contribution in [1.82, 2.24) is 0 Å². The third-order valence-corrected chi connectivity index (χ3v) is 9.68. The zero-order chi connectivity index (χ0) is 21.9. The van der Waals surface area contributed by atoms with Crippen molar-refractivity contribution in [2.75, 3.05) is 0 Å². The van der Waals surface area contributed by atoms with Gasteiger partial charge in [-0.2, -0.15) is 0 Å². The van der Waals surface area contributed by atoms with Crippen LogP contribution in [0.4, 0.5) is 0 Å². The van der Waals surface area contributed by atoms with E-state index in [0.29, 0.717) is 35.5 Å². The molecule has 170 valence electrons. The Morgan fingerprint density at radius 1 is 1.07 bits per heavy atom. The summed E-state index contributed by atoms with van der Waals surface area (Å²) in [5, 5.41) is 30.8. The van der Waals surface area contributed by atoms with Crippen LogP contribution in [0.5, 0.6) is 0 Å². The van der Waals surface area contributed by atoms with Crippen molar-refractivity contribution in [1.29, 1.82) is 0 Å². The Balaban J connectivity index is 1.52. The van der Waals surface area contributed by atoms with E-state index < -0.39 is 11.7 Å². The van der Waals surface area contributed by atoms with Crippen LogP contribution in [0.1, 0.15) is 92.4 Å². The van der Waals surface area contributed by atoms with E-state index in [1.807, 2.05) is 0 Å². The summed E-state index contributed by atoms with van der Waals surface area (Å²) in [7, 11) is 0. The molecule has 3 heteroatoms. The number of hydrogen-bond acceptors (Lipinski definition) is 3. The summed E-state index contributed by atoms with van der Waals surface area (Å²) in [5.41, 5.74) is 2.94. The Bertz CT molecular complexity index is 716. The second kappa shape index (κ2) is 7.74. The first-order valence-electron chi connectivity index (χ1n) is 12.4. The van der Waals surface area contributed by atoms with Crippen LogP contribution in [0.15, 0.2) is 23.3 Å². The van der Waals surface area contributed by atoms with Crippen molar-refractivity contribution < 1.29 is 15.3 Å². The van der Waals surface area contributed by atoms with E-state index in [1.165, 1.54) is 31.3 Å². The monoisotopic (exact) mass is 416 g/mol. The molecule has 0 aromatic heterocycles. The maximum absolute atomic E-state index is 10.6. The highest BCUT2D eigenvalue weighted by Crippen LogP contribution is 2.66. The third kappa shape index (κ3) is 3.84. The first-order valence-corrected chi connectivity index (χ1v) is 12.4. The van der Waals surface area contributed by atoms with Gasteiger partial charge < -0.3 is 15.3 Å². The van der Waals surface area contributed by atoms with E-state index >= 15 is 0 Å². The van der Waals surface area contributed by atoms with Crippen LogP contribution in [0, 0.1) is 34.5 Å². The van der Waals surface area contributed by atoms with Crippen molar-refractivity contribution in [3.8, 4) is 0 Å². The molecular weight excluding hydrogens is 372 g/mol. The lowest BCUT2D eigenvalue weighted by Crippen LogP contribution is -2.46. The predicted octanol–water partition coefficient (Wildman–Crippen LogP) is 5.39. The molecule has 4 aliphatic rings. The van der Waals surface area contributed by atoms with Crippen LogP contribution in [0.25, 0.3) is 0 Å². The van der Waals surface area contributed by atoms with Crippen molar-refractivity contribution >= 4 is 0 Å². The van der Waals surface area contributed by atoms with E-state index in [9.17, 15) is 15.3 Å². The molecule has 0 heterocycles. The Morgan fingerprint density at radius 2 is 1.80 bits per heavy atom. The number of fused-ring (bicyclic) bond motifs is 5. The van der Waals surface area contributed by atoms with Crippen LogP contribution < -0.4 is 0 Å². The van der Waals surface area contributed by atoms with Crippen molar-refractivity contribution in [3.63, 3.8) is 0 Å². The summed E-state index contributed by atoms with van der Waals surface area (Å²) in [4.78, 5) is 0. The SMILES string of the molecule is C[C@H](CC(O)CC(C)(C)O)[C@H]1CC[C@H]2C3=CC=C4C[C@@H](O)CC[C@]4(C)[C@H]3CC[C@]12C. The van der Waals surface area contributed by atoms with E-state index in [-0.39, 0.29) is 11.5 Å². The molecule has 0 aromatic carbocycles. The van der Waals surface area contributed by atoms with Gasteiger partial charge in [0.15, 0.2) is 0 Å². The number of aliphatic hydroxyl groups excluding tert-OH is 2. The van der Waals surface area contributed by atoms with Gasteiger partial charge in [0.1, 0.15) is 0 Å². The standard InChI is InChI=1S/C27H44O3/c1-17(14-20(29)16-25(2,3)30)22-8-9-23-21-7-6-18-15-19(28)10-12-26(18,4)24(21)11-13-27(22,23)5/h6-7,17,19-20,22-24,28-30H,8-16H2,1-5H3/t17-,19+,20?,22-,23+,24+,26+,27-/m1/s1. The molecule has 4 rings (SSSR count). The molecule has 3 fully saturated rings. The second-order valence-electron chi connectivity index (χ2n) is 12.4. The van der Waals surface area contributed by atoms with Gasteiger partial charge in [0.2, 0.25) is 0 Å². The summed E-state index contributed by atoms with van der Waals surface area (Å²) >= 11 is 0. The van der Waals surface area contributed by atoms with Gasteiger partial charge in [-0.3, -0.25) is 0 Å². The van der Waals surface area contributed by atoms with Crippen LogP contribution >= 0.6 is 0 Å². The second-order valence-corrected chi connectivity index (χ2v) is 12.4. The zero-order valence-corrected chi connectivity index (χ0v) is 19.8. The topological polar surface area (TPSA) is 60.7 Å². The molecule has 8 atom stereocenters. The maximum atomic E-state index is 10.6. The number of allylic oxidation sites excluding steroid dienone is 3. The molecule has 30 heavy (non-hydrogen) atoms. The van der Waals surface area contributed by atoms with Crippen molar-refractivity contribution in [2.45, 2.75) is 110 Å². The molecule has 0 amide bonds. The van der Waals surface area contributed by atoms with Gasteiger partial charge in [0, 0.05) is 6.42 Å². The summed E-state index contributed by atoms with van der Waals surface area (Å²) in [6, 6.07) is 0. The van der Waals surface area contributed by atoms with Crippen LogP contribution in [0.3, 0.4) is 0 Å². The number of hydrogen-bond donors (Lipinski definition) is 3. The van der Waals surface area contributed by atoms with Gasteiger partial charge in [0.05, 0.1) is 17.8 Å². The normalized spacial score (nSPS) is 43.1. The average Bonchev–Trinajstić information content (AvgIpc) is 2.98. The van der Waals surface area contributed by atoms with Gasteiger partial charge in [-0.15, -0.1) is 0 Å². The lowest BCUT2D eigenvalue weighted by Gasteiger charge is -2.55. The summed E-state index contributed by atoms with van der Waals surface area (Å²) in [6.45, 7) is 10.9. The smallest absolute Gasteiger partial charge is 0.0616 e.